The summed E-state index contributed by atoms with van der Waals surface area (Å²) in [5, 5.41) is 0. The zero-order valence-electron chi connectivity index (χ0n) is 10.9. The van der Waals surface area contributed by atoms with Gasteiger partial charge in [-0.2, -0.15) is 0 Å². The molecule has 18 heavy (non-hydrogen) atoms. The number of hydrogen-bond acceptors (Lipinski definition) is 4. The number of hydrogen-bond donors (Lipinski definition) is 1. The third-order valence-electron chi connectivity index (χ3n) is 3.17. The molecule has 0 saturated heterocycles. The first-order chi connectivity index (χ1) is 8.79. The molecule has 4 nitrogen and oxygen atoms in total. The van der Waals surface area contributed by atoms with Gasteiger partial charge in [-0.15, -0.1) is 0 Å². The molecule has 1 aromatic heterocycles. The van der Waals surface area contributed by atoms with Gasteiger partial charge in [0.25, 0.3) is 0 Å². The van der Waals surface area contributed by atoms with Gasteiger partial charge in [-0.25, -0.2) is 4.98 Å². The van der Waals surface area contributed by atoms with Gasteiger partial charge >= 0.3 is 0 Å². The van der Waals surface area contributed by atoms with Crippen molar-refractivity contribution in [2.45, 2.75) is 19.3 Å². The second-order valence-electron chi connectivity index (χ2n) is 4.70. The fourth-order valence-electron chi connectivity index (χ4n) is 2.01. The van der Waals surface area contributed by atoms with E-state index >= 15 is 0 Å². The highest BCUT2D eigenvalue weighted by atomic mass is 16.3. The Kier molecular flexibility index (Phi) is 4.73. The summed E-state index contributed by atoms with van der Waals surface area (Å²) in [5.41, 5.74) is 8.58. The van der Waals surface area contributed by atoms with E-state index in [9.17, 15) is 0 Å². The van der Waals surface area contributed by atoms with E-state index in [0.717, 1.165) is 43.6 Å². The van der Waals surface area contributed by atoms with E-state index in [1.54, 1.807) is 0 Å². The molecule has 0 aliphatic rings. The molecule has 0 unspecified atom stereocenters. The Morgan fingerprint density at radius 2 is 2.17 bits per heavy atom. The van der Waals surface area contributed by atoms with Crippen LogP contribution in [0, 0.1) is 0 Å². The van der Waals surface area contributed by atoms with Crippen LogP contribution in [0.25, 0.3) is 11.1 Å². The predicted molar refractivity (Wildman–Crippen MR) is 73.5 cm³/mol. The van der Waals surface area contributed by atoms with E-state index in [-0.39, 0.29) is 0 Å². The van der Waals surface area contributed by atoms with Crippen LogP contribution in [0.15, 0.2) is 29.0 Å². The molecule has 0 fully saturated rings. The molecule has 1 aromatic carbocycles. The molecule has 0 bridgehead atoms. The second kappa shape index (κ2) is 6.52. The third kappa shape index (κ3) is 3.55. The monoisotopic (exact) mass is 247 g/mol. The second-order valence-corrected chi connectivity index (χ2v) is 4.70. The number of fused-ring (bicyclic) bond motifs is 1. The first-order valence-corrected chi connectivity index (χ1v) is 6.50. The Labute approximate surface area is 108 Å². The van der Waals surface area contributed by atoms with Crippen molar-refractivity contribution in [2.24, 2.45) is 5.73 Å². The first-order valence-electron chi connectivity index (χ1n) is 6.50. The highest BCUT2D eigenvalue weighted by Gasteiger charge is 2.02. The Bertz CT molecular complexity index is 481. The van der Waals surface area contributed by atoms with Crippen LogP contribution in [0.5, 0.6) is 0 Å². The minimum atomic E-state index is 0.788. The fraction of sp³-hybridized carbons (Fsp3) is 0.500. The van der Waals surface area contributed by atoms with Crippen LogP contribution in [-0.2, 0) is 6.42 Å². The standard InChI is InChI=1S/C14H21N3O/c1-17(8-3-2-7-15)9-6-12-4-5-13-14(10-12)18-11-16-13/h4-5,10-11H,2-3,6-9,15H2,1H3. The van der Waals surface area contributed by atoms with Crippen LogP contribution in [0.2, 0.25) is 0 Å². The number of nitrogens with zero attached hydrogens (tertiary/aromatic N) is 2. The molecule has 0 radical (unpaired) electrons. The molecule has 0 amide bonds. The van der Waals surface area contributed by atoms with E-state index in [0.29, 0.717) is 0 Å². The average Bonchev–Trinajstić information content (AvgIpc) is 2.84. The summed E-state index contributed by atoms with van der Waals surface area (Å²) in [5.74, 6) is 0. The van der Waals surface area contributed by atoms with Crippen LogP contribution < -0.4 is 5.73 Å². The number of benzene rings is 1. The Morgan fingerprint density at radius 1 is 1.28 bits per heavy atom. The van der Waals surface area contributed by atoms with Crippen molar-refractivity contribution >= 4 is 11.1 Å². The summed E-state index contributed by atoms with van der Waals surface area (Å²) in [7, 11) is 2.16. The van der Waals surface area contributed by atoms with E-state index in [2.05, 4.69) is 29.1 Å². The van der Waals surface area contributed by atoms with E-state index < -0.39 is 0 Å². The van der Waals surface area contributed by atoms with E-state index in [4.69, 9.17) is 10.2 Å². The number of oxazole rings is 1. The lowest BCUT2D eigenvalue weighted by molar-refractivity contribution is 0.331. The van der Waals surface area contributed by atoms with E-state index in [1.807, 2.05) is 6.07 Å². The molecule has 0 aliphatic heterocycles. The fourth-order valence-corrected chi connectivity index (χ4v) is 2.01. The number of aromatic nitrogens is 1. The number of unbranched alkanes of at least 4 members (excludes halogenated alkanes) is 1. The lowest BCUT2D eigenvalue weighted by Gasteiger charge is -2.16. The predicted octanol–water partition coefficient (Wildman–Crippen LogP) is 2.04. The molecule has 0 aliphatic carbocycles. The van der Waals surface area contributed by atoms with Crippen LogP contribution in [0.3, 0.4) is 0 Å². The minimum absolute atomic E-state index is 0.788. The molecule has 98 valence electrons. The summed E-state index contributed by atoms with van der Waals surface area (Å²) < 4.78 is 5.31. The van der Waals surface area contributed by atoms with Gasteiger partial charge < -0.3 is 15.1 Å². The highest BCUT2D eigenvalue weighted by Crippen LogP contribution is 2.14. The average molecular weight is 247 g/mol. The van der Waals surface area contributed by atoms with Gasteiger partial charge in [0.15, 0.2) is 12.0 Å². The Balaban J connectivity index is 1.81. The third-order valence-corrected chi connectivity index (χ3v) is 3.17. The molecular weight excluding hydrogens is 226 g/mol. The number of nitrogens with two attached hydrogens (primary N) is 1. The van der Waals surface area contributed by atoms with E-state index in [1.165, 1.54) is 18.4 Å². The van der Waals surface area contributed by atoms with Crippen molar-refractivity contribution in [3.8, 4) is 0 Å². The Morgan fingerprint density at radius 3 is 3.00 bits per heavy atom. The number of rotatable bonds is 7. The van der Waals surface area contributed by atoms with Crippen molar-refractivity contribution in [1.82, 2.24) is 9.88 Å². The maximum atomic E-state index is 5.49. The molecule has 0 atom stereocenters. The molecule has 2 rings (SSSR count). The quantitative estimate of drug-likeness (QED) is 0.761. The molecular formula is C14H21N3O. The van der Waals surface area contributed by atoms with Gasteiger partial charge in [0.1, 0.15) is 5.52 Å². The summed E-state index contributed by atoms with van der Waals surface area (Å²) in [6.07, 6.45) is 4.81. The molecule has 4 heteroatoms. The van der Waals surface area contributed by atoms with Gasteiger partial charge in [0.05, 0.1) is 0 Å². The van der Waals surface area contributed by atoms with Crippen LogP contribution in [0.4, 0.5) is 0 Å². The molecule has 2 aromatic rings. The number of likely N-dealkylation sites (N-methyl/N-ethyl adjacent to an activating group) is 1. The van der Waals surface area contributed by atoms with Crippen molar-refractivity contribution < 1.29 is 4.42 Å². The zero-order chi connectivity index (χ0) is 12.8. The maximum Gasteiger partial charge on any atom is 0.181 e. The van der Waals surface area contributed by atoms with Gasteiger partial charge in [-0.3, -0.25) is 0 Å². The van der Waals surface area contributed by atoms with Crippen LogP contribution in [0.1, 0.15) is 18.4 Å². The normalized spacial score (nSPS) is 11.5. The smallest absolute Gasteiger partial charge is 0.181 e. The van der Waals surface area contributed by atoms with Crippen molar-refractivity contribution in [3.05, 3.63) is 30.2 Å². The molecule has 0 spiro atoms. The lowest BCUT2D eigenvalue weighted by atomic mass is 10.1. The lowest BCUT2D eigenvalue weighted by Crippen LogP contribution is -2.23. The van der Waals surface area contributed by atoms with Crippen molar-refractivity contribution in [3.63, 3.8) is 0 Å². The summed E-state index contributed by atoms with van der Waals surface area (Å²) in [6.45, 7) is 2.96. The minimum Gasteiger partial charge on any atom is -0.443 e. The first kappa shape index (κ1) is 13.1. The van der Waals surface area contributed by atoms with Gasteiger partial charge in [0.2, 0.25) is 0 Å². The zero-order valence-corrected chi connectivity index (χ0v) is 10.9. The van der Waals surface area contributed by atoms with Gasteiger partial charge in [-0.05, 0) is 57.1 Å². The van der Waals surface area contributed by atoms with Crippen molar-refractivity contribution in [2.75, 3.05) is 26.7 Å². The van der Waals surface area contributed by atoms with Crippen molar-refractivity contribution in [1.29, 1.82) is 0 Å². The van der Waals surface area contributed by atoms with Crippen LogP contribution in [-0.4, -0.2) is 36.6 Å². The van der Waals surface area contributed by atoms with Crippen LogP contribution >= 0.6 is 0 Å². The molecule has 0 saturated carbocycles. The summed E-state index contributed by atoms with van der Waals surface area (Å²) in [4.78, 5) is 6.46. The summed E-state index contributed by atoms with van der Waals surface area (Å²) >= 11 is 0. The largest absolute Gasteiger partial charge is 0.443 e. The maximum absolute atomic E-state index is 5.49. The van der Waals surface area contributed by atoms with Gasteiger partial charge in [0, 0.05) is 6.54 Å². The summed E-state index contributed by atoms with van der Waals surface area (Å²) in [6, 6.07) is 6.22. The molecule has 2 N–H and O–H groups in total. The highest BCUT2D eigenvalue weighted by molar-refractivity contribution is 5.72. The molecule has 1 heterocycles. The van der Waals surface area contributed by atoms with Gasteiger partial charge in [-0.1, -0.05) is 6.07 Å². The SMILES string of the molecule is CN(CCCCN)CCc1ccc2ncoc2c1. The Hall–Kier alpha value is -1.39. The topological polar surface area (TPSA) is 55.3 Å².